The van der Waals surface area contributed by atoms with Crippen molar-refractivity contribution in [2.75, 3.05) is 19.0 Å². The van der Waals surface area contributed by atoms with Gasteiger partial charge in [-0.05, 0) is 29.3 Å². The van der Waals surface area contributed by atoms with Crippen LogP contribution in [-0.2, 0) is 6.61 Å². The van der Waals surface area contributed by atoms with Gasteiger partial charge in [-0.1, -0.05) is 18.2 Å². The molecular weight excluding hydrogens is 212 g/mol. The molecule has 17 heavy (non-hydrogen) atoms. The van der Waals surface area contributed by atoms with Crippen LogP contribution in [0, 0.1) is 0 Å². The summed E-state index contributed by atoms with van der Waals surface area (Å²) < 4.78 is 0. The average Bonchev–Trinajstić information content (AvgIpc) is 2.39. The minimum atomic E-state index is 0.0665. The first-order valence-corrected chi connectivity index (χ1v) is 5.54. The molecule has 0 saturated heterocycles. The molecule has 0 amide bonds. The van der Waals surface area contributed by atoms with Gasteiger partial charge in [0, 0.05) is 25.9 Å². The second-order valence-electron chi connectivity index (χ2n) is 4.16. The SMILES string of the molecule is CN(C)c1ccc(-c2cccc(CO)c2)cn1. The molecule has 0 unspecified atom stereocenters. The van der Waals surface area contributed by atoms with Gasteiger partial charge in [-0.2, -0.15) is 0 Å². The Kier molecular flexibility index (Phi) is 3.40. The topological polar surface area (TPSA) is 36.4 Å². The third-order valence-corrected chi connectivity index (χ3v) is 2.65. The monoisotopic (exact) mass is 228 g/mol. The second kappa shape index (κ2) is 4.97. The summed E-state index contributed by atoms with van der Waals surface area (Å²) in [6.07, 6.45) is 1.85. The molecule has 2 aromatic rings. The van der Waals surface area contributed by atoms with E-state index in [4.69, 9.17) is 5.11 Å². The summed E-state index contributed by atoms with van der Waals surface area (Å²) in [7, 11) is 3.93. The maximum absolute atomic E-state index is 9.10. The molecule has 3 nitrogen and oxygen atoms in total. The van der Waals surface area contributed by atoms with E-state index in [2.05, 4.69) is 4.98 Å². The zero-order chi connectivity index (χ0) is 12.3. The molecule has 0 atom stereocenters. The average molecular weight is 228 g/mol. The molecule has 0 radical (unpaired) electrons. The Hall–Kier alpha value is -1.87. The third-order valence-electron chi connectivity index (χ3n) is 2.65. The number of pyridine rings is 1. The van der Waals surface area contributed by atoms with Gasteiger partial charge in [0.05, 0.1) is 6.61 Å². The maximum atomic E-state index is 9.10. The standard InChI is InChI=1S/C14H16N2O/c1-16(2)14-7-6-13(9-15-14)12-5-3-4-11(8-12)10-17/h3-9,17H,10H2,1-2H3. The molecule has 1 aromatic heterocycles. The minimum Gasteiger partial charge on any atom is -0.392 e. The minimum absolute atomic E-state index is 0.0665. The number of aliphatic hydroxyl groups excluding tert-OH is 1. The number of anilines is 1. The Bertz CT molecular complexity index is 492. The van der Waals surface area contributed by atoms with Gasteiger partial charge < -0.3 is 10.0 Å². The van der Waals surface area contributed by atoms with Gasteiger partial charge in [-0.15, -0.1) is 0 Å². The highest BCUT2D eigenvalue weighted by Gasteiger charge is 2.01. The van der Waals surface area contributed by atoms with Crippen molar-refractivity contribution < 1.29 is 5.11 Å². The largest absolute Gasteiger partial charge is 0.392 e. The van der Waals surface area contributed by atoms with Gasteiger partial charge in [0.15, 0.2) is 0 Å². The van der Waals surface area contributed by atoms with Crippen LogP contribution in [0.1, 0.15) is 5.56 Å². The Labute approximate surface area is 101 Å². The summed E-state index contributed by atoms with van der Waals surface area (Å²) in [5.41, 5.74) is 3.06. The Morgan fingerprint density at radius 1 is 1.12 bits per heavy atom. The number of hydrogen-bond acceptors (Lipinski definition) is 3. The van der Waals surface area contributed by atoms with Gasteiger partial charge in [0.25, 0.3) is 0 Å². The van der Waals surface area contributed by atoms with Crippen molar-refractivity contribution in [1.29, 1.82) is 0 Å². The number of nitrogens with zero attached hydrogens (tertiary/aromatic N) is 2. The fourth-order valence-corrected chi connectivity index (χ4v) is 1.67. The molecule has 1 N–H and O–H groups in total. The summed E-state index contributed by atoms with van der Waals surface area (Å²) in [5.74, 6) is 0.937. The molecule has 0 spiro atoms. The van der Waals surface area contributed by atoms with Gasteiger partial charge in [-0.3, -0.25) is 0 Å². The van der Waals surface area contributed by atoms with E-state index in [1.54, 1.807) is 0 Å². The normalized spacial score (nSPS) is 10.3. The van der Waals surface area contributed by atoms with E-state index in [0.29, 0.717) is 0 Å². The number of aliphatic hydroxyl groups is 1. The molecule has 2 rings (SSSR count). The zero-order valence-corrected chi connectivity index (χ0v) is 10.1. The van der Waals surface area contributed by atoms with Gasteiger partial charge in [-0.25, -0.2) is 4.98 Å². The quantitative estimate of drug-likeness (QED) is 0.875. The van der Waals surface area contributed by atoms with E-state index in [1.165, 1.54) is 0 Å². The Morgan fingerprint density at radius 2 is 1.94 bits per heavy atom. The maximum Gasteiger partial charge on any atom is 0.127 e. The molecular formula is C14H16N2O. The van der Waals surface area contributed by atoms with Crippen molar-refractivity contribution in [3.63, 3.8) is 0 Å². The number of benzene rings is 1. The van der Waals surface area contributed by atoms with Crippen LogP contribution in [0.5, 0.6) is 0 Å². The third kappa shape index (κ3) is 2.63. The second-order valence-corrected chi connectivity index (χ2v) is 4.16. The number of rotatable bonds is 3. The van der Waals surface area contributed by atoms with E-state index in [9.17, 15) is 0 Å². The van der Waals surface area contributed by atoms with E-state index in [1.807, 2.05) is 61.6 Å². The predicted molar refractivity (Wildman–Crippen MR) is 69.9 cm³/mol. The summed E-state index contributed by atoms with van der Waals surface area (Å²) in [4.78, 5) is 6.34. The van der Waals surface area contributed by atoms with Gasteiger partial charge >= 0.3 is 0 Å². The molecule has 0 saturated carbocycles. The molecule has 0 aliphatic rings. The summed E-state index contributed by atoms with van der Waals surface area (Å²) in [6.45, 7) is 0.0665. The lowest BCUT2D eigenvalue weighted by Crippen LogP contribution is -2.09. The zero-order valence-electron chi connectivity index (χ0n) is 10.1. The van der Waals surface area contributed by atoms with Crippen LogP contribution in [0.2, 0.25) is 0 Å². The smallest absolute Gasteiger partial charge is 0.127 e. The van der Waals surface area contributed by atoms with Crippen LogP contribution in [0.3, 0.4) is 0 Å². The fourth-order valence-electron chi connectivity index (χ4n) is 1.67. The first kappa shape index (κ1) is 11.6. The number of aromatic nitrogens is 1. The van der Waals surface area contributed by atoms with Crippen molar-refractivity contribution in [3.8, 4) is 11.1 Å². The molecule has 0 fully saturated rings. The first-order chi connectivity index (χ1) is 8.20. The summed E-state index contributed by atoms with van der Waals surface area (Å²) in [6, 6.07) is 11.9. The van der Waals surface area contributed by atoms with Crippen LogP contribution < -0.4 is 4.90 Å². The fraction of sp³-hybridized carbons (Fsp3) is 0.214. The summed E-state index contributed by atoms with van der Waals surface area (Å²) >= 11 is 0. The van der Waals surface area contributed by atoms with Crippen LogP contribution in [0.25, 0.3) is 11.1 Å². The van der Waals surface area contributed by atoms with Crippen molar-refractivity contribution in [2.45, 2.75) is 6.61 Å². The Morgan fingerprint density at radius 3 is 2.53 bits per heavy atom. The molecule has 0 aliphatic carbocycles. The van der Waals surface area contributed by atoms with Gasteiger partial charge in [0.2, 0.25) is 0 Å². The lowest BCUT2D eigenvalue weighted by molar-refractivity contribution is 0.282. The van der Waals surface area contributed by atoms with Crippen LogP contribution in [0.4, 0.5) is 5.82 Å². The van der Waals surface area contributed by atoms with E-state index < -0.39 is 0 Å². The molecule has 3 heteroatoms. The number of hydrogen-bond donors (Lipinski definition) is 1. The Balaban J connectivity index is 2.32. The first-order valence-electron chi connectivity index (χ1n) is 5.54. The van der Waals surface area contributed by atoms with E-state index in [-0.39, 0.29) is 6.61 Å². The van der Waals surface area contributed by atoms with Crippen molar-refractivity contribution in [1.82, 2.24) is 4.98 Å². The molecule has 0 bridgehead atoms. The van der Waals surface area contributed by atoms with Crippen molar-refractivity contribution >= 4 is 5.82 Å². The highest BCUT2D eigenvalue weighted by molar-refractivity contribution is 5.64. The molecule has 0 aliphatic heterocycles. The highest BCUT2D eigenvalue weighted by Crippen LogP contribution is 2.21. The van der Waals surface area contributed by atoms with Crippen LogP contribution >= 0.6 is 0 Å². The predicted octanol–water partition coefficient (Wildman–Crippen LogP) is 2.31. The molecule has 1 aromatic carbocycles. The van der Waals surface area contributed by atoms with E-state index in [0.717, 1.165) is 22.5 Å². The summed E-state index contributed by atoms with van der Waals surface area (Å²) in [5, 5.41) is 9.10. The lowest BCUT2D eigenvalue weighted by atomic mass is 10.1. The van der Waals surface area contributed by atoms with E-state index >= 15 is 0 Å². The highest BCUT2D eigenvalue weighted by atomic mass is 16.3. The van der Waals surface area contributed by atoms with Crippen LogP contribution in [-0.4, -0.2) is 24.2 Å². The van der Waals surface area contributed by atoms with Crippen molar-refractivity contribution in [3.05, 3.63) is 48.2 Å². The van der Waals surface area contributed by atoms with Gasteiger partial charge in [0.1, 0.15) is 5.82 Å². The van der Waals surface area contributed by atoms with Crippen LogP contribution in [0.15, 0.2) is 42.6 Å². The molecule has 1 heterocycles. The molecule has 88 valence electrons. The van der Waals surface area contributed by atoms with Crippen molar-refractivity contribution in [2.24, 2.45) is 0 Å². The lowest BCUT2D eigenvalue weighted by Gasteiger charge is -2.11.